The van der Waals surface area contributed by atoms with Gasteiger partial charge in [0.2, 0.25) is 5.91 Å². The SMILES string of the molecule is CC(C)(C)OC(=O)N1CCCC2(CCN(C(=O)CS)C2)C1. The van der Waals surface area contributed by atoms with Crippen LogP contribution in [-0.2, 0) is 9.53 Å². The largest absolute Gasteiger partial charge is 0.444 e. The number of rotatable bonds is 1. The Morgan fingerprint density at radius 3 is 2.43 bits per heavy atom. The van der Waals surface area contributed by atoms with Gasteiger partial charge in [0.05, 0.1) is 5.75 Å². The molecule has 6 heteroatoms. The summed E-state index contributed by atoms with van der Waals surface area (Å²) in [6.07, 6.45) is 2.77. The van der Waals surface area contributed by atoms with Gasteiger partial charge >= 0.3 is 6.09 Å². The standard InChI is InChI=1S/C15H26N2O3S/c1-14(2,3)20-13(19)17-7-4-5-15(11-17)6-8-16(10-15)12(18)9-21/h21H,4-11H2,1-3H3. The van der Waals surface area contributed by atoms with Crippen molar-refractivity contribution in [2.75, 3.05) is 31.9 Å². The molecular formula is C15H26N2O3S. The molecule has 0 N–H and O–H groups in total. The third kappa shape index (κ3) is 4.05. The van der Waals surface area contributed by atoms with Gasteiger partial charge in [-0.15, -0.1) is 0 Å². The number of carbonyl (C=O) groups excluding carboxylic acids is 2. The summed E-state index contributed by atoms with van der Waals surface area (Å²) in [6, 6.07) is 0. The van der Waals surface area contributed by atoms with Crippen LogP contribution in [0.2, 0.25) is 0 Å². The molecule has 2 heterocycles. The van der Waals surface area contributed by atoms with E-state index in [0.717, 1.165) is 38.9 Å². The molecule has 5 nitrogen and oxygen atoms in total. The number of ether oxygens (including phenoxy) is 1. The van der Waals surface area contributed by atoms with E-state index in [1.165, 1.54) is 0 Å². The first-order chi connectivity index (χ1) is 9.75. The van der Waals surface area contributed by atoms with Crippen LogP contribution < -0.4 is 0 Å². The van der Waals surface area contributed by atoms with Gasteiger partial charge in [-0.05, 0) is 40.0 Å². The van der Waals surface area contributed by atoms with E-state index in [-0.39, 0.29) is 23.2 Å². The third-order valence-electron chi connectivity index (χ3n) is 4.24. The van der Waals surface area contributed by atoms with Gasteiger partial charge in [0.1, 0.15) is 5.60 Å². The third-order valence-corrected chi connectivity index (χ3v) is 4.51. The van der Waals surface area contributed by atoms with E-state index in [1.54, 1.807) is 0 Å². The first-order valence-electron chi connectivity index (χ1n) is 7.61. The molecule has 0 aliphatic carbocycles. The Labute approximate surface area is 132 Å². The summed E-state index contributed by atoms with van der Waals surface area (Å²) in [5, 5.41) is 0. The van der Waals surface area contributed by atoms with Gasteiger partial charge in [-0.1, -0.05) is 0 Å². The Morgan fingerprint density at radius 2 is 1.81 bits per heavy atom. The highest BCUT2D eigenvalue weighted by Gasteiger charge is 2.44. The zero-order valence-corrected chi connectivity index (χ0v) is 14.1. The van der Waals surface area contributed by atoms with E-state index < -0.39 is 5.60 Å². The van der Waals surface area contributed by atoms with E-state index >= 15 is 0 Å². The maximum Gasteiger partial charge on any atom is 0.410 e. The number of carbonyl (C=O) groups is 2. The lowest BCUT2D eigenvalue weighted by atomic mass is 9.79. The molecule has 0 aromatic carbocycles. The molecule has 2 saturated heterocycles. The fourth-order valence-corrected chi connectivity index (χ4v) is 3.47. The summed E-state index contributed by atoms with van der Waals surface area (Å²) < 4.78 is 5.47. The lowest BCUT2D eigenvalue weighted by Gasteiger charge is -2.40. The highest BCUT2D eigenvalue weighted by Crippen LogP contribution is 2.39. The van der Waals surface area contributed by atoms with E-state index in [9.17, 15) is 9.59 Å². The Kier molecular flexibility index (Phi) is 4.76. The Hall–Kier alpha value is -0.910. The molecule has 0 aromatic heterocycles. The van der Waals surface area contributed by atoms with Gasteiger partial charge in [0.25, 0.3) is 0 Å². The molecule has 0 radical (unpaired) electrons. The minimum Gasteiger partial charge on any atom is -0.444 e. The molecule has 2 aliphatic heterocycles. The molecule has 0 aromatic rings. The Balaban J connectivity index is 1.98. The number of thiol groups is 1. The lowest BCUT2D eigenvalue weighted by molar-refractivity contribution is -0.127. The van der Waals surface area contributed by atoms with Crippen LogP contribution in [0.4, 0.5) is 4.79 Å². The van der Waals surface area contributed by atoms with Crippen LogP contribution in [0.25, 0.3) is 0 Å². The number of hydrogen-bond acceptors (Lipinski definition) is 4. The smallest absolute Gasteiger partial charge is 0.410 e. The van der Waals surface area contributed by atoms with E-state index in [4.69, 9.17) is 4.74 Å². The monoisotopic (exact) mass is 314 g/mol. The normalized spacial score (nSPS) is 26.3. The van der Waals surface area contributed by atoms with Gasteiger partial charge in [0.15, 0.2) is 0 Å². The maximum absolute atomic E-state index is 12.2. The van der Waals surface area contributed by atoms with E-state index in [0.29, 0.717) is 6.54 Å². The van der Waals surface area contributed by atoms with Crippen molar-refractivity contribution in [2.24, 2.45) is 5.41 Å². The quantitative estimate of drug-likeness (QED) is 0.755. The van der Waals surface area contributed by atoms with Crippen LogP contribution in [0.1, 0.15) is 40.0 Å². The summed E-state index contributed by atoms with van der Waals surface area (Å²) in [7, 11) is 0. The molecule has 1 atom stereocenters. The average Bonchev–Trinajstić information content (AvgIpc) is 2.79. The first kappa shape index (κ1) is 16.5. The van der Waals surface area contributed by atoms with Gasteiger partial charge in [-0.3, -0.25) is 4.79 Å². The van der Waals surface area contributed by atoms with Crippen molar-refractivity contribution in [1.29, 1.82) is 0 Å². The van der Waals surface area contributed by atoms with Crippen molar-refractivity contribution in [3.8, 4) is 0 Å². The first-order valence-corrected chi connectivity index (χ1v) is 8.25. The van der Waals surface area contributed by atoms with Crippen LogP contribution in [-0.4, -0.2) is 59.3 Å². The van der Waals surface area contributed by atoms with Crippen molar-refractivity contribution in [2.45, 2.75) is 45.6 Å². The van der Waals surface area contributed by atoms with Crippen molar-refractivity contribution in [1.82, 2.24) is 9.80 Å². The fourth-order valence-electron chi connectivity index (χ4n) is 3.27. The molecular weight excluding hydrogens is 288 g/mol. The molecule has 2 fully saturated rings. The summed E-state index contributed by atoms with van der Waals surface area (Å²) in [5.41, 5.74) is -0.417. The molecule has 2 rings (SSSR count). The van der Waals surface area contributed by atoms with Crippen LogP contribution >= 0.6 is 12.6 Å². The minimum absolute atomic E-state index is 0.0494. The summed E-state index contributed by atoms with van der Waals surface area (Å²) >= 11 is 4.06. The summed E-state index contributed by atoms with van der Waals surface area (Å²) in [5.74, 6) is 0.343. The molecule has 0 saturated carbocycles. The Morgan fingerprint density at radius 1 is 1.14 bits per heavy atom. The van der Waals surface area contributed by atoms with Gasteiger partial charge in [-0.2, -0.15) is 12.6 Å². The summed E-state index contributed by atoms with van der Waals surface area (Å²) in [4.78, 5) is 27.7. The number of hydrogen-bond donors (Lipinski definition) is 1. The molecule has 21 heavy (non-hydrogen) atoms. The predicted molar refractivity (Wildman–Crippen MR) is 84.5 cm³/mol. The molecule has 120 valence electrons. The molecule has 0 bridgehead atoms. The molecule has 2 amide bonds. The molecule has 1 spiro atoms. The Bertz CT molecular complexity index is 422. The second kappa shape index (κ2) is 6.07. The summed E-state index contributed by atoms with van der Waals surface area (Å²) in [6.45, 7) is 8.61. The van der Waals surface area contributed by atoms with Crippen LogP contribution in [0.3, 0.4) is 0 Å². The second-order valence-corrected chi connectivity index (χ2v) is 7.55. The average molecular weight is 314 g/mol. The highest BCUT2D eigenvalue weighted by atomic mass is 32.1. The topological polar surface area (TPSA) is 49.9 Å². The van der Waals surface area contributed by atoms with Crippen LogP contribution in [0, 0.1) is 5.41 Å². The fraction of sp³-hybridized carbons (Fsp3) is 0.867. The lowest BCUT2D eigenvalue weighted by Crippen LogP contribution is -2.49. The van der Waals surface area contributed by atoms with Crippen LogP contribution in [0.5, 0.6) is 0 Å². The highest BCUT2D eigenvalue weighted by molar-refractivity contribution is 7.81. The minimum atomic E-state index is -0.467. The zero-order valence-electron chi connectivity index (χ0n) is 13.2. The number of nitrogens with zero attached hydrogens (tertiary/aromatic N) is 2. The van der Waals surface area contributed by atoms with Gasteiger partial charge in [0, 0.05) is 31.6 Å². The maximum atomic E-state index is 12.2. The zero-order chi connectivity index (χ0) is 15.7. The van der Waals surface area contributed by atoms with Crippen molar-refractivity contribution >= 4 is 24.6 Å². The van der Waals surface area contributed by atoms with Gasteiger partial charge < -0.3 is 14.5 Å². The second-order valence-electron chi connectivity index (χ2n) is 7.23. The predicted octanol–water partition coefficient (Wildman–Crippen LogP) is 2.17. The van der Waals surface area contributed by atoms with Crippen molar-refractivity contribution < 1.29 is 14.3 Å². The number of amides is 2. The molecule has 1 unspecified atom stereocenters. The van der Waals surface area contributed by atoms with E-state index in [2.05, 4.69) is 12.6 Å². The number of piperidine rings is 1. The van der Waals surface area contributed by atoms with E-state index in [1.807, 2.05) is 30.6 Å². The van der Waals surface area contributed by atoms with Crippen molar-refractivity contribution in [3.63, 3.8) is 0 Å². The van der Waals surface area contributed by atoms with Crippen molar-refractivity contribution in [3.05, 3.63) is 0 Å². The van der Waals surface area contributed by atoms with Gasteiger partial charge in [-0.25, -0.2) is 4.79 Å². The number of likely N-dealkylation sites (tertiary alicyclic amines) is 2. The molecule has 2 aliphatic rings. The van der Waals surface area contributed by atoms with Crippen LogP contribution in [0.15, 0.2) is 0 Å².